The molecule has 0 bridgehead atoms. The van der Waals surface area contributed by atoms with Gasteiger partial charge in [0.05, 0.1) is 29.6 Å². The van der Waals surface area contributed by atoms with E-state index in [9.17, 15) is 9.59 Å². The molecule has 4 rings (SSSR count). The number of pyridine rings is 2. The minimum absolute atomic E-state index is 0.252. The van der Waals surface area contributed by atoms with Gasteiger partial charge in [-0.3, -0.25) is 14.6 Å². The predicted molar refractivity (Wildman–Crippen MR) is 134 cm³/mol. The quantitative estimate of drug-likeness (QED) is 0.387. The van der Waals surface area contributed by atoms with Gasteiger partial charge in [0, 0.05) is 12.4 Å². The van der Waals surface area contributed by atoms with E-state index in [2.05, 4.69) is 30.9 Å². The number of carbonyl (C=O) groups is 2. The van der Waals surface area contributed by atoms with Gasteiger partial charge in [-0.2, -0.15) is 0 Å². The van der Waals surface area contributed by atoms with E-state index < -0.39 is 6.04 Å². The Morgan fingerprint density at radius 2 is 1.97 bits per heavy atom. The molecule has 0 spiro atoms. The van der Waals surface area contributed by atoms with E-state index in [0.29, 0.717) is 34.6 Å². The number of carbonyl (C=O) groups excluding carboxylic acids is 2. The molecule has 1 unspecified atom stereocenters. The van der Waals surface area contributed by atoms with Crippen molar-refractivity contribution in [1.82, 2.24) is 20.3 Å². The van der Waals surface area contributed by atoms with Crippen molar-refractivity contribution in [2.45, 2.75) is 51.1 Å². The Hall–Kier alpha value is -3.04. The standard InChI is InChI=1S/C24H27ClN6O2S/c25-17-11-18(13-26-12-17)28-15-22-29-14-20(34-22)24(33)30-19(10-16-6-2-1-3-7-16)23(32)31-21-8-4-5-9-27-21/h4-5,8-9,11-14,16,19,28H,1-3,6-7,10,15H2,(H,30,33)(H,27,31,32). The van der Waals surface area contributed by atoms with Crippen molar-refractivity contribution in [1.29, 1.82) is 0 Å². The van der Waals surface area contributed by atoms with Crippen LogP contribution in [-0.4, -0.2) is 32.8 Å². The van der Waals surface area contributed by atoms with E-state index in [4.69, 9.17) is 11.6 Å². The molecule has 178 valence electrons. The van der Waals surface area contributed by atoms with Gasteiger partial charge in [0.2, 0.25) is 5.91 Å². The second kappa shape index (κ2) is 11.9. The molecule has 3 heterocycles. The minimum Gasteiger partial charge on any atom is -0.377 e. The number of nitrogens with one attached hydrogen (secondary N) is 3. The van der Waals surface area contributed by atoms with Gasteiger partial charge in [0.15, 0.2) is 0 Å². The first-order chi connectivity index (χ1) is 16.6. The van der Waals surface area contributed by atoms with Crippen molar-refractivity contribution in [3.05, 3.63) is 64.0 Å². The highest BCUT2D eigenvalue weighted by molar-refractivity contribution is 7.13. The van der Waals surface area contributed by atoms with Gasteiger partial charge >= 0.3 is 0 Å². The van der Waals surface area contributed by atoms with Crippen molar-refractivity contribution in [2.75, 3.05) is 10.6 Å². The molecule has 0 aromatic carbocycles. The molecule has 0 saturated heterocycles. The van der Waals surface area contributed by atoms with Gasteiger partial charge in [0.1, 0.15) is 21.7 Å². The molecule has 3 aromatic heterocycles. The third-order valence-electron chi connectivity index (χ3n) is 5.76. The van der Waals surface area contributed by atoms with Crippen molar-refractivity contribution in [3.8, 4) is 0 Å². The number of hydrogen-bond donors (Lipinski definition) is 3. The first kappa shape index (κ1) is 24.1. The summed E-state index contributed by atoms with van der Waals surface area (Å²) in [6, 6.07) is 6.46. The Labute approximate surface area is 207 Å². The molecule has 3 aromatic rings. The molecule has 8 nitrogen and oxygen atoms in total. The maximum atomic E-state index is 13.0. The smallest absolute Gasteiger partial charge is 0.263 e. The Morgan fingerprint density at radius 1 is 1.12 bits per heavy atom. The lowest BCUT2D eigenvalue weighted by Crippen LogP contribution is -2.45. The van der Waals surface area contributed by atoms with Crippen LogP contribution in [0.5, 0.6) is 0 Å². The third-order valence-corrected chi connectivity index (χ3v) is 6.96. The molecule has 1 aliphatic carbocycles. The van der Waals surface area contributed by atoms with Gasteiger partial charge in [-0.05, 0) is 30.5 Å². The number of halogens is 1. The van der Waals surface area contributed by atoms with Crippen LogP contribution < -0.4 is 16.0 Å². The molecule has 1 fully saturated rings. The van der Waals surface area contributed by atoms with Gasteiger partial charge in [-0.1, -0.05) is 49.8 Å². The van der Waals surface area contributed by atoms with E-state index in [1.165, 1.54) is 30.6 Å². The molecule has 3 N–H and O–H groups in total. The minimum atomic E-state index is -0.640. The SMILES string of the molecule is O=C(NC(CC1CCCCC1)C(=O)Nc1ccccn1)c1cnc(CNc2cncc(Cl)c2)s1. The summed E-state index contributed by atoms with van der Waals surface area (Å²) in [5.41, 5.74) is 0.771. The first-order valence-electron chi connectivity index (χ1n) is 11.4. The van der Waals surface area contributed by atoms with E-state index in [1.807, 2.05) is 6.07 Å². The summed E-state index contributed by atoms with van der Waals surface area (Å²) in [7, 11) is 0. The summed E-state index contributed by atoms with van der Waals surface area (Å²) >= 11 is 7.25. The Balaban J connectivity index is 1.39. The van der Waals surface area contributed by atoms with Gasteiger partial charge in [0.25, 0.3) is 5.91 Å². The van der Waals surface area contributed by atoms with Crippen LogP contribution in [0, 0.1) is 5.92 Å². The van der Waals surface area contributed by atoms with Crippen LogP contribution in [0.1, 0.15) is 53.2 Å². The number of amides is 2. The number of nitrogens with zero attached hydrogens (tertiary/aromatic N) is 3. The second-order valence-electron chi connectivity index (χ2n) is 8.33. The van der Waals surface area contributed by atoms with Crippen molar-refractivity contribution in [2.24, 2.45) is 5.92 Å². The molecule has 1 aliphatic rings. The predicted octanol–water partition coefficient (Wildman–Crippen LogP) is 4.91. The summed E-state index contributed by atoms with van der Waals surface area (Å²) in [5, 5.41) is 10.2. The van der Waals surface area contributed by atoms with Gasteiger partial charge in [-0.25, -0.2) is 9.97 Å². The summed E-state index contributed by atoms with van der Waals surface area (Å²) < 4.78 is 0. The normalized spacial score (nSPS) is 14.9. The highest BCUT2D eigenvalue weighted by Crippen LogP contribution is 2.28. The first-order valence-corrected chi connectivity index (χ1v) is 12.6. The lowest BCUT2D eigenvalue weighted by molar-refractivity contribution is -0.118. The largest absolute Gasteiger partial charge is 0.377 e. The fourth-order valence-electron chi connectivity index (χ4n) is 4.05. The summed E-state index contributed by atoms with van der Waals surface area (Å²) in [5.74, 6) is 0.334. The molecular weight excluding hydrogens is 472 g/mol. The van der Waals surface area contributed by atoms with Crippen molar-refractivity contribution < 1.29 is 9.59 Å². The van der Waals surface area contributed by atoms with E-state index >= 15 is 0 Å². The molecule has 2 amide bonds. The zero-order valence-electron chi connectivity index (χ0n) is 18.7. The molecule has 0 aliphatic heterocycles. The Morgan fingerprint density at radius 3 is 2.74 bits per heavy atom. The Kier molecular flexibility index (Phi) is 8.43. The topological polar surface area (TPSA) is 109 Å². The summed E-state index contributed by atoms with van der Waals surface area (Å²) in [6.45, 7) is 0.436. The number of rotatable bonds is 9. The van der Waals surface area contributed by atoms with Crippen LogP contribution in [0.15, 0.2) is 49.1 Å². The molecule has 34 heavy (non-hydrogen) atoms. The number of aromatic nitrogens is 3. The molecular formula is C24H27ClN6O2S. The average Bonchev–Trinajstić information content (AvgIpc) is 3.33. The van der Waals surface area contributed by atoms with Crippen molar-refractivity contribution in [3.63, 3.8) is 0 Å². The molecule has 1 saturated carbocycles. The number of hydrogen-bond acceptors (Lipinski definition) is 7. The van der Waals surface area contributed by atoms with Crippen LogP contribution in [-0.2, 0) is 11.3 Å². The summed E-state index contributed by atoms with van der Waals surface area (Å²) in [6.07, 6.45) is 12.7. The fourth-order valence-corrected chi connectivity index (χ4v) is 4.98. The van der Waals surface area contributed by atoms with Crippen LogP contribution in [0.4, 0.5) is 11.5 Å². The van der Waals surface area contributed by atoms with E-state index in [-0.39, 0.29) is 11.8 Å². The van der Waals surface area contributed by atoms with Crippen molar-refractivity contribution >= 4 is 46.3 Å². The Bertz CT molecular complexity index is 1100. The average molecular weight is 499 g/mol. The lowest BCUT2D eigenvalue weighted by Gasteiger charge is -2.26. The monoisotopic (exact) mass is 498 g/mol. The highest BCUT2D eigenvalue weighted by atomic mass is 35.5. The lowest BCUT2D eigenvalue weighted by atomic mass is 9.84. The molecule has 1 atom stereocenters. The number of anilines is 2. The van der Waals surface area contributed by atoms with Gasteiger partial charge < -0.3 is 16.0 Å². The van der Waals surface area contributed by atoms with E-state index in [1.54, 1.807) is 43.0 Å². The van der Waals surface area contributed by atoms with Crippen LogP contribution >= 0.6 is 22.9 Å². The number of thiazole rings is 1. The third kappa shape index (κ3) is 6.98. The van der Waals surface area contributed by atoms with Crippen LogP contribution in [0.25, 0.3) is 0 Å². The zero-order chi connectivity index (χ0) is 23.8. The highest BCUT2D eigenvalue weighted by Gasteiger charge is 2.27. The van der Waals surface area contributed by atoms with Crippen LogP contribution in [0.3, 0.4) is 0 Å². The molecule has 0 radical (unpaired) electrons. The summed E-state index contributed by atoms with van der Waals surface area (Å²) in [4.78, 5) is 39.0. The zero-order valence-corrected chi connectivity index (χ0v) is 20.2. The van der Waals surface area contributed by atoms with E-state index in [0.717, 1.165) is 23.5 Å². The maximum Gasteiger partial charge on any atom is 0.263 e. The maximum absolute atomic E-state index is 13.0. The fraction of sp³-hybridized carbons (Fsp3) is 0.375. The second-order valence-corrected chi connectivity index (χ2v) is 9.89. The molecule has 10 heteroatoms. The van der Waals surface area contributed by atoms with Crippen LogP contribution in [0.2, 0.25) is 5.02 Å². The van der Waals surface area contributed by atoms with Gasteiger partial charge in [-0.15, -0.1) is 11.3 Å².